The van der Waals surface area contributed by atoms with Gasteiger partial charge in [-0.05, 0) is 0 Å². The molecule has 0 radical (unpaired) electrons. The first-order chi connectivity index (χ1) is 9.51. The Morgan fingerprint density at radius 2 is 2.00 bits per heavy atom. The third kappa shape index (κ3) is 2.90. The normalized spacial score (nSPS) is 10.6. The smallest absolute Gasteiger partial charge is 0.270 e. The van der Waals surface area contributed by atoms with Gasteiger partial charge in [0.2, 0.25) is 0 Å². The van der Waals surface area contributed by atoms with Crippen LogP contribution < -0.4 is 5.32 Å². The molecule has 0 saturated heterocycles. The molecule has 2 aromatic rings. The lowest BCUT2D eigenvalue weighted by molar-refractivity contribution is -0.384. The van der Waals surface area contributed by atoms with Crippen LogP contribution >= 0.6 is 0 Å². The van der Waals surface area contributed by atoms with Gasteiger partial charge in [-0.15, -0.1) is 0 Å². The van der Waals surface area contributed by atoms with Crippen molar-refractivity contribution in [3.8, 4) is 11.3 Å². The largest absolute Gasteiger partial charge is 0.373 e. The predicted octanol–water partition coefficient (Wildman–Crippen LogP) is 3.22. The molecule has 20 heavy (non-hydrogen) atoms. The van der Waals surface area contributed by atoms with Crippen molar-refractivity contribution in [2.45, 2.75) is 19.8 Å². The van der Waals surface area contributed by atoms with Crippen molar-refractivity contribution in [1.29, 1.82) is 0 Å². The summed E-state index contributed by atoms with van der Waals surface area (Å²) in [6, 6.07) is 8.23. The summed E-state index contributed by atoms with van der Waals surface area (Å²) in [6.45, 7) is 4.01. The average Bonchev–Trinajstić information content (AvgIpc) is 2.46. The predicted molar refractivity (Wildman–Crippen MR) is 77.8 cm³/mol. The summed E-state index contributed by atoms with van der Waals surface area (Å²) in [6.07, 6.45) is 0. The molecule has 0 aliphatic carbocycles. The molecule has 0 saturated carbocycles. The second-order valence-corrected chi connectivity index (χ2v) is 4.71. The topological polar surface area (TPSA) is 81.0 Å². The van der Waals surface area contributed by atoms with E-state index in [1.165, 1.54) is 12.1 Å². The highest BCUT2D eigenvalue weighted by Gasteiger charge is 2.12. The van der Waals surface area contributed by atoms with Crippen molar-refractivity contribution in [2.24, 2.45) is 0 Å². The van der Waals surface area contributed by atoms with Crippen molar-refractivity contribution in [1.82, 2.24) is 9.97 Å². The van der Waals surface area contributed by atoms with E-state index in [2.05, 4.69) is 15.3 Å². The van der Waals surface area contributed by atoms with Crippen molar-refractivity contribution in [3.63, 3.8) is 0 Å². The molecule has 0 bridgehead atoms. The summed E-state index contributed by atoms with van der Waals surface area (Å²) in [7, 11) is 1.78. The highest BCUT2D eigenvalue weighted by atomic mass is 16.6. The van der Waals surface area contributed by atoms with Gasteiger partial charge in [-0.3, -0.25) is 10.1 Å². The van der Waals surface area contributed by atoms with E-state index in [4.69, 9.17) is 0 Å². The van der Waals surface area contributed by atoms with Crippen LogP contribution in [0.1, 0.15) is 25.6 Å². The zero-order valence-corrected chi connectivity index (χ0v) is 11.6. The van der Waals surface area contributed by atoms with Gasteiger partial charge >= 0.3 is 0 Å². The lowest BCUT2D eigenvalue weighted by Crippen LogP contribution is -2.03. The van der Waals surface area contributed by atoms with E-state index < -0.39 is 4.92 Å². The Hall–Kier alpha value is -2.50. The second kappa shape index (κ2) is 5.64. The summed E-state index contributed by atoms with van der Waals surface area (Å²) in [5, 5.41) is 13.8. The minimum atomic E-state index is -0.410. The van der Waals surface area contributed by atoms with Crippen LogP contribution in [0.15, 0.2) is 30.3 Å². The summed E-state index contributed by atoms with van der Waals surface area (Å²) in [4.78, 5) is 19.3. The Labute approximate surface area is 117 Å². The molecule has 1 aromatic carbocycles. The fourth-order valence-electron chi connectivity index (χ4n) is 1.78. The van der Waals surface area contributed by atoms with Crippen LogP contribution in [0.2, 0.25) is 0 Å². The molecule has 0 aliphatic rings. The molecular formula is C14H16N4O2. The van der Waals surface area contributed by atoms with Crippen molar-refractivity contribution in [3.05, 3.63) is 46.3 Å². The van der Waals surface area contributed by atoms with E-state index in [-0.39, 0.29) is 11.6 Å². The fourth-order valence-corrected chi connectivity index (χ4v) is 1.78. The molecule has 1 aromatic heterocycles. The third-order valence-electron chi connectivity index (χ3n) is 2.87. The van der Waals surface area contributed by atoms with E-state index in [0.717, 1.165) is 0 Å². The van der Waals surface area contributed by atoms with Crippen LogP contribution in [0, 0.1) is 10.1 Å². The van der Waals surface area contributed by atoms with Crippen molar-refractivity contribution in [2.75, 3.05) is 12.4 Å². The first-order valence-corrected chi connectivity index (χ1v) is 6.33. The summed E-state index contributed by atoms with van der Waals surface area (Å²) < 4.78 is 0. The Balaban J connectivity index is 2.53. The standard InChI is InChI=1S/C14H16N4O2/c1-9(2)14-16-12(8-13(15-3)17-14)10-5-4-6-11(7-10)18(19)20/h4-9H,1-3H3,(H,15,16,17). The highest BCUT2D eigenvalue weighted by molar-refractivity contribution is 5.65. The van der Waals surface area contributed by atoms with Gasteiger partial charge in [0.05, 0.1) is 10.6 Å². The van der Waals surface area contributed by atoms with Gasteiger partial charge in [0, 0.05) is 36.7 Å². The van der Waals surface area contributed by atoms with E-state index in [1.54, 1.807) is 25.2 Å². The lowest BCUT2D eigenvalue weighted by atomic mass is 10.1. The molecule has 1 heterocycles. The lowest BCUT2D eigenvalue weighted by Gasteiger charge is -2.10. The van der Waals surface area contributed by atoms with Gasteiger partial charge in [-0.2, -0.15) is 0 Å². The fraction of sp³-hybridized carbons (Fsp3) is 0.286. The van der Waals surface area contributed by atoms with Gasteiger partial charge in [0.25, 0.3) is 5.69 Å². The third-order valence-corrected chi connectivity index (χ3v) is 2.87. The number of nitro benzene ring substituents is 1. The molecule has 104 valence electrons. The number of anilines is 1. The number of non-ortho nitro benzene ring substituents is 1. The van der Waals surface area contributed by atoms with Crippen LogP contribution in [0.4, 0.5) is 11.5 Å². The first-order valence-electron chi connectivity index (χ1n) is 6.33. The maximum Gasteiger partial charge on any atom is 0.270 e. The molecule has 0 spiro atoms. The number of nitrogens with zero attached hydrogens (tertiary/aromatic N) is 3. The van der Waals surface area contributed by atoms with Crippen LogP contribution in [-0.4, -0.2) is 21.9 Å². The summed E-state index contributed by atoms with van der Waals surface area (Å²) in [5.74, 6) is 1.59. The first kappa shape index (κ1) is 13.9. The van der Waals surface area contributed by atoms with Crippen LogP contribution in [-0.2, 0) is 0 Å². The Bertz CT molecular complexity index is 641. The Kier molecular flexibility index (Phi) is 3.93. The summed E-state index contributed by atoms with van der Waals surface area (Å²) >= 11 is 0. The maximum absolute atomic E-state index is 10.8. The number of benzene rings is 1. The minimum absolute atomic E-state index is 0.0539. The van der Waals surface area contributed by atoms with Gasteiger partial charge < -0.3 is 5.32 Å². The second-order valence-electron chi connectivity index (χ2n) is 4.71. The Morgan fingerprint density at radius 1 is 1.25 bits per heavy atom. The molecular weight excluding hydrogens is 256 g/mol. The molecule has 0 fully saturated rings. The van der Waals surface area contributed by atoms with Gasteiger partial charge in [0.1, 0.15) is 11.6 Å². The number of aromatic nitrogens is 2. The van der Waals surface area contributed by atoms with E-state index >= 15 is 0 Å². The zero-order chi connectivity index (χ0) is 14.7. The van der Waals surface area contributed by atoms with Gasteiger partial charge in [-0.1, -0.05) is 26.0 Å². The van der Waals surface area contributed by atoms with Crippen molar-refractivity contribution < 1.29 is 4.92 Å². The zero-order valence-electron chi connectivity index (χ0n) is 11.6. The van der Waals surface area contributed by atoms with E-state index in [0.29, 0.717) is 22.9 Å². The minimum Gasteiger partial charge on any atom is -0.373 e. The van der Waals surface area contributed by atoms with Crippen LogP contribution in [0.25, 0.3) is 11.3 Å². The number of rotatable bonds is 4. The molecule has 0 atom stereocenters. The maximum atomic E-state index is 10.8. The molecule has 6 nitrogen and oxygen atoms in total. The van der Waals surface area contributed by atoms with Crippen LogP contribution in [0.3, 0.4) is 0 Å². The molecule has 6 heteroatoms. The number of nitro groups is 1. The molecule has 0 amide bonds. The molecule has 2 rings (SSSR count). The monoisotopic (exact) mass is 272 g/mol. The quantitative estimate of drug-likeness (QED) is 0.682. The van der Waals surface area contributed by atoms with Gasteiger partial charge in [0.15, 0.2) is 0 Å². The van der Waals surface area contributed by atoms with Gasteiger partial charge in [-0.25, -0.2) is 9.97 Å². The molecule has 0 unspecified atom stereocenters. The van der Waals surface area contributed by atoms with Crippen LogP contribution in [0.5, 0.6) is 0 Å². The average molecular weight is 272 g/mol. The number of nitrogens with one attached hydrogen (secondary N) is 1. The number of hydrogen-bond acceptors (Lipinski definition) is 5. The SMILES string of the molecule is CNc1cc(-c2cccc([N+](=O)[O-])c2)nc(C(C)C)n1. The molecule has 0 aliphatic heterocycles. The summed E-state index contributed by atoms with van der Waals surface area (Å²) in [5.41, 5.74) is 1.44. The molecule has 1 N–H and O–H groups in total. The van der Waals surface area contributed by atoms with E-state index in [1.807, 2.05) is 13.8 Å². The Morgan fingerprint density at radius 3 is 2.60 bits per heavy atom. The van der Waals surface area contributed by atoms with Crippen molar-refractivity contribution >= 4 is 11.5 Å². The van der Waals surface area contributed by atoms with E-state index in [9.17, 15) is 10.1 Å². The highest BCUT2D eigenvalue weighted by Crippen LogP contribution is 2.25. The number of hydrogen-bond donors (Lipinski definition) is 1.